The number of ether oxygens (including phenoxy) is 2. The zero-order valence-corrected chi connectivity index (χ0v) is 18.9. The molecule has 1 atom stereocenters. The second-order valence-corrected chi connectivity index (χ2v) is 10.4. The van der Waals surface area contributed by atoms with Gasteiger partial charge in [0.15, 0.2) is 0 Å². The Kier molecular flexibility index (Phi) is 15.7. The molecular formula is C21H30Na2O8S2. The Bertz CT molecular complexity index is 1060. The van der Waals surface area contributed by atoms with Crippen molar-refractivity contribution in [2.45, 2.75) is 32.1 Å². The molecule has 0 saturated heterocycles. The maximum atomic E-state index is 10.8. The van der Waals surface area contributed by atoms with Gasteiger partial charge in [-0.25, -0.2) is 0 Å². The molecule has 0 aliphatic heterocycles. The van der Waals surface area contributed by atoms with E-state index in [9.17, 15) is 16.8 Å². The van der Waals surface area contributed by atoms with Crippen LogP contribution in [-0.4, -0.2) is 110 Å². The second-order valence-electron chi connectivity index (χ2n) is 7.30. The molecule has 2 rings (SSSR count). The van der Waals surface area contributed by atoms with E-state index in [0.717, 1.165) is 17.5 Å². The van der Waals surface area contributed by atoms with Gasteiger partial charge in [-0.1, -0.05) is 31.2 Å². The summed E-state index contributed by atoms with van der Waals surface area (Å²) in [6.07, 6.45) is 1.15. The maximum absolute atomic E-state index is 10.8. The summed E-state index contributed by atoms with van der Waals surface area (Å²) in [6.45, 7) is 2.46. The van der Waals surface area contributed by atoms with E-state index in [1.165, 1.54) is 0 Å². The van der Waals surface area contributed by atoms with Crippen molar-refractivity contribution in [1.29, 1.82) is 0 Å². The van der Waals surface area contributed by atoms with Crippen LogP contribution in [0.2, 0.25) is 0 Å². The molecule has 176 valence electrons. The molecule has 2 aromatic carbocycles. The molecule has 0 radical (unpaired) electrons. The molecule has 2 aromatic rings. The van der Waals surface area contributed by atoms with Crippen LogP contribution in [0, 0.1) is 0 Å². The summed E-state index contributed by atoms with van der Waals surface area (Å²) in [5.74, 6) is 0.776. The second kappa shape index (κ2) is 15.8. The summed E-state index contributed by atoms with van der Waals surface area (Å²) < 4.78 is 71.7. The van der Waals surface area contributed by atoms with Gasteiger partial charge in [0, 0.05) is 0 Å². The molecule has 0 fully saturated rings. The van der Waals surface area contributed by atoms with Gasteiger partial charge in [-0.2, -0.15) is 16.8 Å². The van der Waals surface area contributed by atoms with E-state index in [1.54, 1.807) is 12.1 Å². The Morgan fingerprint density at radius 3 is 1.79 bits per heavy atom. The van der Waals surface area contributed by atoms with Crippen LogP contribution in [0.25, 0.3) is 0 Å². The molecule has 0 spiro atoms. The first-order valence-electron chi connectivity index (χ1n) is 9.87. The van der Waals surface area contributed by atoms with Gasteiger partial charge in [0.1, 0.15) is 11.5 Å². The quantitative estimate of drug-likeness (QED) is 0.233. The van der Waals surface area contributed by atoms with E-state index in [-0.39, 0.29) is 103 Å². The first-order chi connectivity index (χ1) is 14.5. The molecule has 0 aliphatic rings. The summed E-state index contributed by atoms with van der Waals surface area (Å²) >= 11 is 0. The molecule has 0 amide bonds. The van der Waals surface area contributed by atoms with Crippen LogP contribution < -0.4 is 9.47 Å². The molecule has 12 heteroatoms. The van der Waals surface area contributed by atoms with Crippen molar-refractivity contribution in [1.82, 2.24) is 0 Å². The van der Waals surface area contributed by atoms with Gasteiger partial charge in [0.05, 0.1) is 24.7 Å². The Balaban J connectivity index is 0.00000512. The number of hydrogen-bond acceptors (Lipinski definition) is 6. The fraction of sp³-hybridized carbons (Fsp3) is 0.429. The summed E-state index contributed by atoms with van der Waals surface area (Å²) in [5.41, 5.74) is 2.12. The van der Waals surface area contributed by atoms with E-state index < -0.39 is 20.2 Å². The van der Waals surface area contributed by atoms with Gasteiger partial charge in [-0.05, 0) is 60.6 Å². The predicted octanol–water partition coefficient (Wildman–Crippen LogP) is 2.05. The fourth-order valence-electron chi connectivity index (χ4n) is 3.01. The van der Waals surface area contributed by atoms with Crippen molar-refractivity contribution in [2.24, 2.45) is 0 Å². The predicted molar refractivity (Wildman–Crippen MR) is 132 cm³/mol. The number of rotatable bonds is 13. The summed E-state index contributed by atoms with van der Waals surface area (Å²) in [7, 11) is -7.96. The molecule has 0 saturated carbocycles. The first kappa shape index (κ1) is 32.9. The van der Waals surface area contributed by atoms with Gasteiger partial charge in [-0.3, -0.25) is 9.11 Å². The van der Waals surface area contributed by atoms with Gasteiger partial charge in [0.2, 0.25) is 0 Å². The third-order valence-corrected chi connectivity index (χ3v) is 6.11. The zero-order valence-electron chi connectivity index (χ0n) is 17.3. The van der Waals surface area contributed by atoms with Gasteiger partial charge >= 0.3 is 59.1 Å². The minimum absolute atomic E-state index is 0. The molecule has 1 unspecified atom stereocenters. The van der Waals surface area contributed by atoms with E-state index in [2.05, 4.69) is 6.92 Å². The Hall–Kier alpha value is -0.140. The van der Waals surface area contributed by atoms with Crippen LogP contribution in [0.1, 0.15) is 36.8 Å². The van der Waals surface area contributed by atoms with Crippen molar-refractivity contribution < 1.29 is 35.4 Å². The minimum atomic E-state index is -3.98. The van der Waals surface area contributed by atoms with E-state index >= 15 is 0 Å². The van der Waals surface area contributed by atoms with Crippen molar-refractivity contribution >= 4 is 79.4 Å². The first-order valence-corrected chi connectivity index (χ1v) is 13.1. The molecule has 0 aromatic heterocycles. The van der Waals surface area contributed by atoms with Crippen molar-refractivity contribution in [3.05, 3.63) is 59.7 Å². The van der Waals surface area contributed by atoms with Crippen LogP contribution in [0.4, 0.5) is 0 Å². The van der Waals surface area contributed by atoms with Crippen LogP contribution in [0.3, 0.4) is 0 Å². The van der Waals surface area contributed by atoms with Crippen LogP contribution in [-0.2, 0) is 26.7 Å². The van der Waals surface area contributed by atoms with Gasteiger partial charge in [0.25, 0.3) is 20.2 Å². The Morgan fingerprint density at radius 1 is 0.788 bits per heavy atom. The molecule has 0 bridgehead atoms. The van der Waals surface area contributed by atoms with Crippen LogP contribution in [0.15, 0.2) is 48.5 Å². The van der Waals surface area contributed by atoms with Crippen LogP contribution >= 0.6 is 0 Å². The third kappa shape index (κ3) is 14.8. The van der Waals surface area contributed by atoms with E-state index in [1.807, 2.05) is 36.4 Å². The molecule has 0 aliphatic carbocycles. The van der Waals surface area contributed by atoms with Gasteiger partial charge < -0.3 is 9.47 Å². The normalized spacial score (nSPS) is 12.2. The summed E-state index contributed by atoms with van der Waals surface area (Å²) in [4.78, 5) is 0. The fourth-order valence-corrected chi connectivity index (χ4v) is 3.97. The topological polar surface area (TPSA) is 127 Å². The Morgan fingerprint density at radius 2 is 1.27 bits per heavy atom. The third-order valence-electron chi connectivity index (χ3n) is 4.50. The molecule has 33 heavy (non-hydrogen) atoms. The molecule has 2 N–H and O–H groups in total. The monoisotopic (exact) mass is 520 g/mol. The zero-order chi connectivity index (χ0) is 22.9. The molecular weight excluding hydrogens is 490 g/mol. The summed E-state index contributed by atoms with van der Waals surface area (Å²) in [6, 6.07) is 15.1. The van der Waals surface area contributed by atoms with Crippen molar-refractivity contribution in [3.8, 4) is 11.5 Å². The number of hydrogen-bond donors (Lipinski definition) is 2. The standard InChI is InChI=1S/C21H28O8S2.2Na.2H/c1-17(19-7-3-9-21(16-19)29-11-5-13-31(25,26)27)14-18-6-2-8-20(15-18)28-10-4-12-30(22,23)24;;;;/h2-3,6-9,15-17H,4-5,10-14H2,1H3,(H,22,23,24)(H,25,26,27);;;;. The van der Waals surface area contributed by atoms with Crippen molar-refractivity contribution in [2.75, 3.05) is 24.7 Å². The van der Waals surface area contributed by atoms with Crippen LogP contribution in [0.5, 0.6) is 11.5 Å². The average molecular weight is 521 g/mol. The molecule has 0 heterocycles. The Labute approximate surface area is 240 Å². The van der Waals surface area contributed by atoms with E-state index in [4.69, 9.17) is 18.6 Å². The number of benzene rings is 2. The summed E-state index contributed by atoms with van der Waals surface area (Å²) in [5, 5.41) is 0. The van der Waals surface area contributed by atoms with E-state index in [0.29, 0.717) is 11.5 Å². The average Bonchev–Trinajstić information content (AvgIpc) is 2.68. The van der Waals surface area contributed by atoms with Gasteiger partial charge in [-0.15, -0.1) is 0 Å². The van der Waals surface area contributed by atoms with Crippen molar-refractivity contribution in [3.63, 3.8) is 0 Å². The SMILES string of the molecule is CC(Cc1cccc(OCCCS(=O)(=O)O)c1)c1cccc(OCCCS(=O)(=O)O)c1.[NaH].[NaH]. The molecule has 8 nitrogen and oxygen atoms in total.